The zero-order chi connectivity index (χ0) is 15.1. The fourth-order valence-corrected chi connectivity index (χ4v) is 2.38. The molecule has 1 aromatic carbocycles. The number of carbonyl (C=O) groups is 1. The van der Waals surface area contributed by atoms with Gasteiger partial charge in [0.2, 0.25) is 0 Å². The molecule has 3 rings (SSSR count). The third-order valence-electron chi connectivity index (χ3n) is 3.54. The van der Waals surface area contributed by atoms with Crippen LogP contribution < -0.4 is 5.32 Å². The van der Waals surface area contributed by atoms with Crippen LogP contribution in [-0.4, -0.2) is 15.6 Å². The van der Waals surface area contributed by atoms with Gasteiger partial charge in [0.05, 0.1) is 5.52 Å². The normalized spacial score (nSPS) is 11.0. The van der Waals surface area contributed by atoms with Gasteiger partial charge in [0.15, 0.2) is 5.76 Å². The zero-order valence-corrected chi connectivity index (χ0v) is 11.9. The van der Waals surface area contributed by atoms with E-state index in [9.17, 15) is 9.18 Å². The highest BCUT2D eigenvalue weighted by Gasteiger charge is 2.18. The SMILES string of the molecule is Cc1noc(C)c1NC(=O)c1cc2c(F)cccc2n1C. The van der Waals surface area contributed by atoms with Crippen molar-refractivity contribution in [1.29, 1.82) is 0 Å². The molecule has 0 aliphatic carbocycles. The van der Waals surface area contributed by atoms with Gasteiger partial charge in [-0.05, 0) is 32.0 Å². The second-order valence-corrected chi connectivity index (χ2v) is 4.91. The van der Waals surface area contributed by atoms with Crippen LogP contribution in [0, 0.1) is 19.7 Å². The minimum atomic E-state index is -0.348. The van der Waals surface area contributed by atoms with E-state index >= 15 is 0 Å². The number of halogens is 1. The van der Waals surface area contributed by atoms with Crippen molar-refractivity contribution in [1.82, 2.24) is 9.72 Å². The summed E-state index contributed by atoms with van der Waals surface area (Å²) in [5.41, 5.74) is 2.19. The number of hydrogen-bond donors (Lipinski definition) is 1. The second-order valence-electron chi connectivity index (χ2n) is 4.91. The summed E-state index contributed by atoms with van der Waals surface area (Å²) in [4.78, 5) is 12.4. The Bertz CT molecular complexity index is 829. The molecule has 2 aromatic heterocycles. The van der Waals surface area contributed by atoms with Gasteiger partial charge in [0.1, 0.15) is 22.9 Å². The average Bonchev–Trinajstić information content (AvgIpc) is 2.95. The summed E-state index contributed by atoms with van der Waals surface area (Å²) in [5.74, 6) is -0.146. The van der Waals surface area contributed by atoms with Crippen LogP contribution in [0.2, 0.25) is 0 Å². The fourth-order valence-electron chi connectivity index (χ4n) is 2.38. The minimum Gasteiger partial charge on any atom is -0.359 e. The Balaban J connectivity index is 2.03. The standard InChI is InChI=1S/C15H14FN3O2/c1-8-14(9(2)21-18-8)17-15(20)13-7-10-11(16)5-4-6-12(10)19(13)3/h4-7H,1-3H3,(H,17,20). The predicted molar refractivity (Wildman–Crippen MR) is 76.8 cm³/mol. The van der Waals surface area contributed by atoms with Gasteiger partial charge >= 0.3 is 0 Å². The van der Waals surface area contributed by atoms with Crippen molar-refractivity contribution in [3.05, 3.63) is 47.2 Å². The Morgan fingerprint density at radius 1 is 1.38 bits per heavy atom. The second kappa shape index (κ2) is 4.73. The largest absolute Gasteiger partial charge is 0.359 e. The molecule has 0 atom stereocenters. The molecule has 0 unspecified atom stereocenters. The number of fused-ring (bicyclic) bond motifs is 1. The average molecular weight is 287 g/mol. The predicted octanol–water partition coefficient (Wildman–Crippen LogP) is 3.17. The summed E-state index contributed by atoms with van der Waals surface area (Å²) in [5, 5.41) is 6.96. The van der Waals surface area contributed by atoms with Crippen LogP contribution in [0.5, 0.6) is 0 Å². The van der Waals surface area contributed by atoms with Crippen LogP contribution in [0.3, 0.4) is 0 Å². The number of aryl methyl sites for hydroxylation is 3. The molecule has 6 heteroatoms. The van der Waals surface area contributed by atoms with Crippen molar-refractivity contribution in [3.63, 3.8) is 0 Å². The van der Waals surface area contributed by atoms with Gasteiger partial charge in [0, 0.05) is 12.4 Å². The van der Waals surface area contributed by atoms with Crippen LogP contribution in [0.25, 0.3) is 10.9 Å². The highest BCUT2D eigenvalue weighted by atomic mass is 19.1. The van der Waals surface area contributed by atoms with E-state index in [1.807, 2.05) is 0 Å². The lowest BCUT2D eigenvalue weighted by Gasteiger charge is -2.05. The maximum absolute atomic E-state index is 13.8. The fraction of sp³-hybridized carbons (Fsp3) is 0.200. The van der Waals surface area contributed by atoms with Crippen molar-refractivity contribution in [2.75, 3.05) is 5.32 Å². The van der Waals surface area contributed by atoms with Crippen molar-refractivity contribution < 1.29 is 13.7 Å². The lowest BCUT2D eigenvalue weighted by molar-refractivity contribution is 0.101. The van der Waals surface area contributed by atoms with Gasteiger partial charge < -0.3 is 14.4 Å². The Labute approximate surface area is 120 Å². The molecule has 1 N–H and O–H groups in total. The molecule has 3 aromatic rings. The number of anilines is 1. The van der Waals surface area contributed by atoms with E-state index in [-0.39, 0.29) is 11.7 Å². The topological polar surface area (TPSA) is 60.1 Å². The van der Waals surface area contributed by atoms with E-state index in [1.165, 1.54) is 12.1 Å². The first-order valence-corrected chi connectivity index (χ1v) is 6.47. The molecule has 0 saturated heterocycles. The van der Waals surface area contributed by atoms with E-state index < -0.39 is 0 Å². The molecule has 0 aliphatic rings. The number of nitrogens with zero attached hydrogens (tertiary/aromatic N) is 2. The van der Waals surface area contributed by atoms with Gasteiger partial charge in [-0.15, -0.1) is 0 Å². The van der Waals surface area contributed by atoms with Crippen molar-refractivity contribution in [2.24, 2.45) is 7.05 Å². The van der Waals surface area contributed by atoms with Crippen molar-refractivity contribution >= 4 is 22.5 Å². The molecule has 5 nitrogen and oxygen atoms in total. The Morgan fingerprint density at radius 3 is 2.76 bits per heavy atom. The molecule has 0 radical (unpaired) electrons. The number of nitrogens with one attached hydrogen (secondary N) is 1. The first kappa shape index (κ1) is 13.4. The van der Waals surface area contributed by atoms with Gasteiger partial charge in [-0.25, -0.2) is 4.39 Å². The Kier molecular flexibility index (Phi) is 3.01. The minimum absolute atomic E-state index is 0.331. The molecule has 2 heterocycles. The van der Waals surface area contributed by atoms with Gasteiger partial charge in [-0.2, -0.15) is 0 Å². The van der Waals surface area contributed by atoms with Crippen LogP contribution in [-0.2, 0) is 7.05 Å². The summed E-state index contributed by atoms with van der Waals surface area (Å²) < 4.78 is 20.4. The summed E-state index contributed by atoms with van der Waals surface area (Å²) in [7, 11) is 1.73. The van der Waals surface area contributed by atoms with E-state index in [0.717, 1.165) is 0 Å². The molecular formula is C15H14FN3O2. The summed E-state index contributed by atoms with van der Waals surface area (Å²) >= 11 is 0. The molecule has 0 bridgehead atoms. The molecule has 0 aliphatic heterocycles. The number of aromatic nitrogens is 2. The summed E-state index contributed by atoms with van der Waals surface area (Å²) in [6.07, 6.45) is 0. The molecule has 0 spiro atoms. The lowest BCUT2D eigenvalue weighted by Crippen LogP contribution is -2.16. The van der Waals surface area contributed by atoms with Gasteiger partial charge in [0.25, 0.3) is 5.91 Å². The van der Waals surface area contributed by atoms with Crippen LogP contribution in [0.4, 0.5) is 10.1 Å². The zero-order valence-electron chi connectivity index (χ0n) is 11.9. The number of hydrogen-bond acceptors (Lipinski definition) is 3. The number of rotatable bonds is 2. The Morgan fingerprint density at radius 2 is 2.14 bits per heavy atom. The molecule has 21 heavy (non-hydrogen) atoms. The monoisotopic (exact) mass is 287 g/mol. The number of benzene rings is 1. The van der Waals surface area contributed by atoms with Crippen LogP contribution >= 0.6 is 0 Å². The van der Waals surface area contributed by atoms with E-state index in [1.54, 1.807) is 37.6 Å². The van der Waals surface area contributed by atoms with E-state index in [4.69, 9.17) is 4.52 Å². The first-order valence-electron chi connectivity index (χ1n) is 6.47. The summed E-state index contributed by atoms with van der Waals surface area (Å²) in [6.45, 7) is 3.46. The molecule has 108 valence electrons. The third-order valence-corrected chi connectivity index (χ3v) is 3.54. The third kappa shape index (κ3) is 2.08. The first-order chi connectivity index (χ1) is 9.99. The van der Waals surface area contributed by atoms with Crippen molar-refractivity contribution in [2.45, 2.75) is 13.8 Å². The maximum Gasteiger partial charge on any atom is 0.272 e. The van der Waals surface area contributed by atoms with Crippen molar-refractivity contribution in [3.8, 4) is 0 Å². The quantitative estimate of drug-likeness (QED) is 0.787. The smallest absolute Gasteiger partial charge is 0.272 e. The number of amides is 1. The molecular weight excluding hydrogens is 273 g/mol. The molecule has 0 saturated carbocycles. The Hall–Kier alpha value is -2.63. The molecule has 1 amide bonds. The highest BCUT2D eigenvalue weighted by Crippen LogP contribution is 2.24. The van der Waals surface area contributed by atoms with Crippen LogP contribution in [0.1, 0.15) is 21.9 Å². The van der Waals surface area contributed by atoms with E-state index in [2.05, 4.69) is 10.5 Å². The highest BCUT2D eigenvalue weighted by molar-refractivity contribution is 6.06. The van der Waals surface area contributed by atoms with Gasteiger partial charge in [-0.3, -0.25) is 4.79 Å². The lowest BCUT2D eigenvalue weighted by atomic mass is 10.2. The van der Waals surface area contributed by atoms with Crippen LogP contribution in [0.15, 0.2) is 28.8 Å². The van der Waals surface area contributed by atoms with Gasteiger partial charge in [-0.1, -0.05) is 11.2 Å². The number of carbonyl (C=O) groups excluding carboxylic acids is 1. The van der Waals surface area contributed by atoms with E-state index in [0.29, 0.717) is 33.7 Å². The summed E-state index contributed by atoms with van der Waals surface area (Å²) in [6, 6.07) is 6.30. The maximum atomic E-state index is 13.8. The molecule has 0 fully saturated rings.